The highest BCUT2D eigenvalue weighted by Gasteiger charge is 2.17. The van der Waals surface area contributed by atoms with Crippen LogP contribution in [0.3, 0.4) is 0 Å². The molecule has 3 nitrogen and oxygen atoms in total. The van der Waals surface area contributed by atoms with Crippen LogP contribution in [0, 0.1) is 11.6 Å². The van der Waals surface area contributed by atoms with Gasteiger partial charge in [-0.1, -0.05) is 19.1 Å². The lowest BCUT2D eigenvalue weighted by molar-refractivity contribution is -0.136. The van der Waals surface area contributed by atoms with E-state index in [0.717, 1.165) is 6.07 Å². The fourth-order valence-electron chi connectivity index (χ4n) is 1.29. The second kappa shape index (κ2) is 5.86. The summed E-state index contributed by atoms with van der Waals surface area (Å²) in [6, 6.07) is 3.64. The Labute approximate surface area is 99.9 Å². The molecule has 0 fully saturated rings. The van der Waals surface area contributed by atoms with E-state index in [4.69, 9.17) is 5.11 Å². The summed E-state index contributed by atoms with van der Waals surface area (Å²) in [4.78, 5) is 10.4. The molecule has 0 saturated carbocycles. The maximum absolute atomic E-state index is 13.3. The molecule has 6 heteroatoms. The summed E-state index contributed by atoms with van der Waals surface area (Å²) >= 11 is 0. The molecule has 1 aromatic carbocycles. The van der Waals surface area contributed by atoms with Crippen molar-refractivity contribution in [3.63, 3.8) is 0 Å². The van der Waals surface area contributed by atoms with Crippen LogP contribution in [0.25, 0.3) is 0 Å². The number of halogens is 2. The van der Waals surface area contributed by atoms with Crippen LogP contribution < -0.4 is 0 Å². The molecule has 0 spiro atoms. The Morgan fingerprint density at radius 3 is 2.71 bits per heavy atom. The van der Waals surface area contributed by atoms with Gasteiger partial charge in [-0.15, -0.1) is 0 Å². The van der Waals surface area contributed by atoms with Crippen molar-refractivity contribution in [1.82, 2.24) is 0 Å². The Morgan fingerprint density at radius 2 is 2.12 bits per heavy atom. The lowest BCUT2D eigenvalue weighted by atomic mass is 10.2. The minimum Gasteiger partial charge on any atom is -0.481 e. The summed E-state index contributed by atoms with van der Waals surface area (Å²) in [6.07, 6.45) is -0.260. The van der Waals surface area contributed by atoms with E-state index in [9.17, 15) is 17.8 Å². The highest BCUT2D eigenvalue weighted by molar-refractivity contribution is 7.84. The van der Waals surface area contributed by atoms with Gasteiger partial charge in [-0.25, -0.2) is 8.78 Å². The Morgan fingerprint density at radius 1 is 1.47 bits per heavy atom. The van der Waals surface area contributed by atoms with Crippen molar-refractivity contribution in [2.45, 2.75) is 24.3 Å². The third kappa shape index (κ3) is 3.89. The molecule has 0 heterocycles. The third-order valence-corrected chi connectivity index (χ3v) is 3.90. The molecule has 0 aliphatic heterocycles. The van der Waals surface area contributed by atoms with Crippen LogP contribution in [0.15, 0.2) is 18.2 Å². The molecule has 0 aliphatic rings. The van der Waals surface area contributed by atoms with E-state index in [1.807, 2.05) is 0 Å². The zero-order valence-corrected chi connectivity index (χ0v) is 9.97. The normalized spacial score (nSPS) is 14.3. The first kappa shape index (κ1) is 13.8. The molecule has 1 N–H and O–H groups in total. The van der Waals surface area contributed by atoms with Gasteiger partial charge in [-0.2, -0.15) is 0 Å². The van der Waals surface area contributed by atoms with Crippen molar-refractivity contribution in [2.24, 2.45) is 0 Å². The number of rotatable bonds is 5. The van der Waals surface area contributed by atoms with Gasteiger partial charge >= 0.3 is 5.97 Å². The molecule has 0 amide bonds. The molecule has 94 valence electrons. The van der Waals surface area contributed by atoms with Gasteiger partial charge in [-0.05, 0) is 6.07 Å². The Hall–Kier alpha value is -1.30. The summed E-state index contributed by atoms with van der Waals surface area (Å²) in [7, 11) is -1.54. The molecule has 1 rings (SSSR count). The molecule has 2 unspecified atom stereocenters. The second-order valence-electron chi connectivity index (χ2n) is 3.65. The third-order valence-electron chi connectivity index (χ3n) is 2.24. The predicted molar refractivity (Wildman–Crippen MR) is 59.9 cm³/mol. The van der Waals surface area contributed by atoms with E-state index in [1.165, 1.54) is 19.1 Å². The Kier molecular flexibility index (Phi) is 4.74. The summed E-state index contributed by atoms with van der Waals surface area (Å²) in [5.74, 6) is -3.27. The van der Waals surface area contributed by atoms with Gasteiger partial charge in [0.15, 0.2) is 11.6 Å². The quantitative estimate of drug-likeness (QED) is 0.883. The smallest absolute Gasteiger partial charge is 0.304 e. The van der Waals surface area contributed by atoms with E-state index >= 15 is 0 Å². The minimum absolute atomic E-state index is 0.000530. The Bertz CT molecular complexity index is 448. The lowest BCUT2D eigenvalue weighted by Gasteiger charge is -2.09. The number of benzene rings is 1. The van der Waals surface area contributed by atoms with Gasteiger partial charge in [0.25, 0.3) is 0 Å². The molecular weight excluding hydrogens is 250 g/mol. The zero-order valence-electron chi connectivity index (χ0n) is 9.15. The minimum atomic E-state index is -1.54. The molecule has 17 heavy (non-hydrogen) atoms. The second-order valence-corrected chi connectivity index (χ2v) is 5.50. The molecule has 0 aliphatic carbocycles. The van der Waals surface area contributed by atoms with Crippen LogP contribution in [0.5, 0.6) is 0 Å². The monoisotopic (exact) mass is 262 g/mol. The number of hydrogen-bond acceptors (Lipinski definition) is 2. The van der Waals surface area contributed by atoms with E-state index in [-0.39, 0.29) is 17.7 Å². The standard InChI is InChI=1S/C11H12F2O3S/c1-7(5-10(14)15)17(16)6-8-3-2-4-9(12)11(8)13/h2-4,7H,5-6H2,1H3,(H,14,15). The number of aliphatic carboxylic acids is 1. The van der Waals surface area contributed by atoms with Gasteiger partial charge in [0, 0.05) is 21.6 Å². The van der Waals surface area contributed by atoms with E-state index in [1.54, 1.807) is 0 Å². The van der Waals surface area contributed by atoms with Gasteiger partial charge in [0.2, 0.25) is 0 Å². The largest absolute Gasteiger partial charge is 0.481 e. The van der Waals surface area contributed by atoms with Crippen molar-refractivity contribution in [2.75, 3.05) is 0 Å². The van der Waals surface area contributed by atoms with Crippen LogP contribution in [0.4, 0.5) is 8.78 Å². The van der Waals surface area contributed by atoms with E-state index < -0.39 is 33.7 Å². The predicted octanol–water partition coefficient (Wildman–Crippen LogP) is 2.08. The van der Waals surface area contributed by atoms with Gasteiger partial charge in [0.05, 0.1) is 12.2 Å². The van der Waals surface area contributed by atoms with Crippen LogP contribution in [-0.2, 0) is 21.3 Å². The summed E-state index contributed by atoms with van der Waals surface area (Å²) in [6.45, 7) is 1.50. The lowest BCUT2D eigenvalue weighted by Crippen LogP contribution is -2.17. The van der Waals surface area contributed by atoms with Crippen molar-refractivity contribution < 1.29 is 22.9 Å². The van der Waals surface area contributed by atoms with Crippen molar-refractivity contribution in [3.8, 4) is 0 Å². The molecule has 0 bridgehead atoms. The molecular formula is C11H12F2O3S. The van der Waals surface area contributed by atoms with Crippen LogP contribution in [0.1, 0.15) is 18.9 Å². The topological polar surface area (TPSA) is 54.4 Å². The zero-order chi connectivity index (χ0) is 13.0. The Balaban J connectivity index is 2.74. The average molecular weight is 262 g/mol. The fourth-order valence-corrected chi connectivity index (χ4v) is 2.44. The summed E-state index contributed by atoms with van der Waals surface area (Å²) in [5, 5.41) is 7.93. The number of carboxylic acids is 1. The van der Waals surface area contributed by atoms with Crippen LogP contribution in [0.2, 0.25) is 0 Å². The maximum Gasteiger partial charge on any atom is 0.304 e. The SMILES string of the molecule is CC(CC(=O)O)S(=O)Cc1cccc(F)c1F. The fraction of sp³-hybridized carbons (Fsp3) is 0.364. The molecule has 2 atom stereocenters. The van der Waals surface area contributed by atoms with Gasteiger partial charge < -0.3 is 5.11 Å². The first-order valence-electron chi connectivity index (χ1n) is 4.93. The molecule has 1 aromatic rings. The number of carbonyl (C=O) groups is 1. The number of hydrogen-bond donors (Lipinski definition) is 1. The molecule has 0 radical (unpaired) electrons. The molecule has 0 aromatic heterocycles. The summed E-state index contributed by atoms with van der Waals surface area (Å²) < 4.78 is 37.8. The van der Waals surface area contributed by atoms with E-state index in [0.29, 0.717) is 0 Å². The molecule has 0 saturated heterocycles. The van der Waals surface area contributed by atoms with Crippen molar-refractivity contribution >= 4 is 16.8 Å². The maximum atomic E-state index is 13.3. The van der Waals surface area contributed by atoms with Crippen LogP contribution >= 0.6 is 0 Å². The average Bonchev–Trinajstić information content (AvgIpc) is 2.23. The number of carboxylic acid groups (broad SMARTS) is 1. The first-order valence-corrected chi connectivity index (χ1v) is 6.32. The summed E-state index contributed by atoms with van der Waals surface area (Å²) in [5.41, 5.74) is 0.000530. The van der Waals surface area contributed by atoms with Crippen LogP contribution in [-0.4, -0.2) is 20.5 Å². The van der Waals surface area contributed by atoms with Crippen molar-refractivity contribution in [1.29, 1.82) is 0 Å². The van der Waals surface area contributed by atoms with Gasteiger partial charge in [-0.3, -0.25) is 9.00 Å². The van der Waals surface area contributed by atoms with Gasteiger partial charge in [0.1, 0.15) is 0 Å². The highest BCUT2D eigenvalue weighted by Crippen LogP contribution is 2.15. The van der Waals surface area contributed by atoms with E-state index in [2.05, 4.69) is 0 Å². The first-order chi connectivity index (χ1) is 7.91. The van der Waals surface area contributed by atoms with Crippen molar-refractivity contribution in [3.05, 3.63) is 35.4 Å². The highest BCUT2D eigenvalue weighted by atomic mass is 32.2.